The monoisotopic (exact) mass is 270 g/mol. The van der Waals surface area contributed by atoms with Gasteiger partial charge in [0.15, 0.2) is 0 Å². The molecule has 1 heterocycles. The predicted molar refractivity (Wildman–Crippen MR) is 63.0 cm³/mol. The van der Waals surface area contributed by atoms with E-state index in [1.54, 1.807) is 24.3 Å². The molecule has 0 unspecified atom stereocenters. The van der Waals surface area contributed by atoms with Crippen LogP contribution in [0, 0.1) is 0 Å². The second kappa shape index (κ2) is 4.63. The maximum absolute atomic E-state index is 12.1. The summed E-state index contributed by atoms with van der Waals surface area (Å²) < 4.78 is 40.1. The molecule has 0 fully saturated rings. The molecule has 5 nitrogen and oxygen atoms in total. The minimum Gasteiger partial charge on any atom is -0.399 e. The van der Waals surface area contributed by atoms with E-state index in [1.165, 1.54) is 0 Å². The third-order valence-corrected chi connectivity index (χ3v) is 2.12. The van der Waals surface area contributed by atoms with Gasteiger partial charge in [0.2, 0.25) is 11.8 Å². The molecule has 0 atom stereocenters. The van der Waals surface area contributed by atoms with Gasteiger partial charge in [-0.05, 0) is 12.1 Å². The zero-order valence-corrected chi connectivity index (χ0v) is 9.48. The van der Waals surface area contributed by atoms with Crippen molar-refractivity contribution in [1.29, 1.82) is 0 Å². The van der Waals surface area contributed by atoms with Gasteiger partial charge in [-0.3, -0.25) is 0 Å². The van der Waals surface area contributed by atoms with Gasteiger partial charge in [-0.1, -0.05) is 12.1 Å². The zero-order valence-electron chi connectivity index (χ0n) is 9.48. The predicted octanol–water partition coefficient (Wildman–Crippen LogP) is 2.21. The van der Waals surface area contributed by atoms with E-state index >= 15 is 0 Å². The molecule has 2 aromatic rings. The van der Waals surface area contributed by atoms with Crippen LogP contribution in [0.1, 0.15) is 0 Å². The SMILES string of the molecule is Nc1cccc(-c2cc(OC(F)(F)F)nc(N)n2)c1. The Morgan fingerprint density at radius 2 is 1.79 bits per heavy atom. The zero-order chi connectivity index (χ0) is 14.0. The smallest absolute Gasteiger partial charge is 0.399 e. The van der Waals surface area contributed by atoms with Gasteiger partial charge in [0.05, 0.1) is 5.69 Å². The lowest BCUT2D eigenvalue weighted by Gasteiger charge is -2.09. The van der Waals surface area contributed by atoms with Crippen molar-refractivity contribution in [1.82, 2.24) is 9.97 Å². The van der Waals surface area contributed by atoms with Gasteiger partial charge in [0.25, 0.3) is 0 Å². The average Bonchev–Trinajstić information content (AvgIpc) is 2.25. The second-order valence-electron chi connectivity index (χ2n) is 3.62. The van der Waals surface area contributed by atoms with Crippen LogP contribution in [0.25, 0.3) is 11.3 Å². The van der Waals surface area contributed by atoms with Crippen LogP contribution in [0.15, 0.2) is 30.3 Å². The summed E-state index contributed by atoms with van der Waals surface area (Å²) in [5, 5.41) is 0. The Bertz CT molecular complexity index is 601. The molecule has 4 N–H and O–H groups in total. The van der Waals surface area contributed by atoms with E-state index in [2.05, 4.69) is 14.7 Å². The normalized spacial score (nSPS) is 11.3. The quantitative estimate of drug-likeness (QED) is 0.817. The van der Waals surface area contributed by atoms with Crippen LogP contribution in [-0.4, -0.2) is 16.3 Å². The average molecular weight is 270 g/mol. The van der Waals surface area contributed by atoms with Crippen molar-refractivity contribution in [3.63, 3.8) is 0 Å². The Labute approximate surface area is 106 Å². The number of alkyl halides is 3. The van der Waals surface area contributed by atoms with E-state index in [0.29, 0.717) is 11.3 Å². The molecular formula is C11H9F3N4O. The first-order valence-electron chi connectivity index (χ1n) is 5.10. The molecule has 0 spiro atoms. The molecule has 100 valence electrons. The maximum atomic E-state index is 12.1. The number of ether oxygens (including phenoxy) is 1. The van der Waals surface area contributed by atoms with Crippen molar-refractivity contribution < 1.29 is 17.9 Å². The van der Waals surface area contributed by atoms with Crippen LogP contribution >= 0.6 is 0 Å². The molecular weight excluding hydrogens is 261 g/mol. The summed E-state index contributed by atoms with van der Waals surface area (Å²) in [7, 11) is 0. The Kier molecular flexibility index (Phi) is 3.16. The molecule has 19 heavy (non-hydrogen) atoms. The number of benzene rings is 1. The number of anilines is 2. The summed E-state index contributed by atoms with van der Waals surface area (Å²) in [5.41, 5.74) is 12.1. The molecule has 0 bridgehead atoms. The molecule has 1 aromatic heterocycles. The standard InChI is InChI=1S/C11H9F3N4O/c12-11(13,14)19-9-5-8(17-10(16)18-9)6-2-1-3-7(15)4-6/h1-5H,15H2,(H2,16,17,18). The number of rotatable bonds is 2. The van der Waals surface area contributed by atoms with E-state index in [4.69, 9.17) is 11.5 Å². The lowest BCUT2D eigenvalue weighted by atomic mass is 10.1. The molecule has 1 aromatic carbocycles. The summed E-state index contributed by atoms with van der Waals surface area (Å²) in [4.78, 5) is 7.20. The molecule has 8 heteroatoms. The van der Waals surface area contributed by atoms with Crippen molar-refractivity contribution in [2.24, 2.45) is 0 Å². The summed E-state index contributed by atoms with van der Waals surface area (Å²) in [6.07, 6.45) is -4.84. The highest BCUT2D eigenvalue weighted by Crippen LogP contribution is 2.26. The number of nitrogens with two attached hydrogens (primary N) is 2. The molecule has 0 amide bonds. The Hall–Kier alpha value is -2.51. The second-order valence-corrected chi connectivity index (χ2v) is 3.62. The fourth-order valence-corrected chi connectivity index (χ4v) is 1.46. The van der Waals surface area contributed by atoms with E-state index in [0.717, 1.165) is 6.07 Å². The minimum atomic E-state index is -4.84. The lowest BCUT2D eigenvalue weighted by Crippen LogP contribution is -2.18. The molecule has 0 saturated carbocycles. The maximum Gasteiger partial charge on any atom is 0.574 e. The van der Waals surface area contributed by atoms with Crippen molar-refractivity contribution in [2.45, 2.75) is 6.36 Å². The third kappa shape index (κ3) is 3.47. The van der Waals surface area contributed by atoms with E-state index < -0.39 is 12.2 Å². The molecule has 0 saturated heterocycles. The third-order valence-electron chi connectivity index (χ3n) is 2.12. The highest BCUT2D eigenvalue weighted by molar-refractivity contribution is 5.65. The number of nitrogens with zero attached hydrogens (tertiary/aromatic N) is 2. The van der Waals surface area contributed by atoms with Gasteiger partial charge in [-0.25, -0.2) is 4.98 Å². The summed E-state index contributed by atoms with van der Waals surface area (Å²) in [5.74, 6) is -0.989. The lowest BCUT2D eigenvalue weighted by molar-refractivity contribution is -0.276. The van der Waals surface area contributed by atoms with Gasteiger partial charge in [0, 0.05) is 17.3 Å². The Balaban J connectivity index is 2.42. The van der Waals surface area contributed by atoms with E-state index in [1.807, 2.05) is 0 Å². The fraction of sp³-hybridized carbons (Fsp3) is 0.0909. The highest BCUT2D eigenvalue weighted by atomic mass is 19.4. The summed E-state index contributed by atoms with van der Waals surface area (Å²) in [6.45, 7) is 0. The van der Waals surface area contributed by atoms with Crippen molar-refractivity contribution in [3.05, 3.63) is 30.3 Å². The Morgan fingerprint density at radius 3 is 2.42 bits per heavy atom. The number of hydrogen-bond donors (Lipinski definition) is 2. The molecule has 0 aliphatic rings. The van der Waals surface area contributed by atoms with Crippen LogP contribution in [0.5, 0.6) is 5.88 Å². The van der Waals surface area contributed by atoms with Crippen molar-refractivity contribution in [3.8, 4) is 17.1 Å². The first-order chi connectivity index (χ1) is 8.83. The number of halogens is 3. The first-order valence-corrected chi connectivity index (χ1v) is 5.10. The molecule has 0 aliphatic heterocycles. The molecule has 2 rings (SSSR count). The number of hydrogen-bond acceptors (Lipinski definition) is 5. The van der Waals surface area contributed by atoms with Crippen LogP contribution in [0.3, 0.4) is 0 Å². The van der Waals surface area contributed by atoms with Gasteiger partial charge in [-0.15, -0.1) is 13.2 Å². The minimum absolute atomic E-state index is 0.194. The number of nitrogen functional groups attached to an aromatic ring is 2. The van der Waals surface area contributed by atoms with Gasteiger partial charge >= 0.3 is 6.36 Å². The van der Waals surface area contributed by atoms with Crippen LogP contribution in [0.4, 0.5) is 24.8 Å². The first kappa shape index (κ1) is 12.9. The van der Waals surface area contributed by atoms with Gasteiger partial charge in [-0.2, -0.15) is 4.98 Å². The van der Waals surface area contributed by atoms with Crippen LogP contribution in [0.2, 0.25) is 0 Å². The largest absolute Gasteiger partial charge is 0.574 e. The summed E-state index contributed by atoms with van der Waals surface area (Å²) in [6, 6.07) is 7.52. The van der Waals surface area contributed by atoms with Crippen LogP contribution in [-0.2, 0) is 0 Å². The van der Waals surface area contributed by atoms with E-state index in [-0.39, 0.29) is 11.6 Å². The van der Waals surface area contributed by atoms with Gasteiger partial charge in [0.1, 0.15) is 0 Å². The van der Waals surface area contributed by atoms with Crippen molar-refractivity contribution >= 4 is 11.6 Å². The highest BCUT2D eigenvalue weighted by Gasteiger charge is 2.32. The van der Waals surface area contributed by atoms with Crippen molar-refractivity contribution in [2.75, 3.05) is 11.5 Å². The molecule has 0 aliphatic carbocycles. The molecule has 0 radical (unpaired) electrons. The Morgan fingerprint density at radius 1 is 1.05 bits per heavy atom. The summed E-state index contributed by atoms with van der Waals surface area (Å²) >= 11 is 0. The van der Waals surface area contributed by atoms with Crippen LogP contribution < -0.4 is 16.2 Å². The van der Waals surface area contributed by atoms with Gasteiger partial charge < -0.3 is 16.2 Å². The van der Waals surface area contributed by atoms with E-state index in [9.17, 15) is 13.2 Å². The topological polar surface area (TPSA) is 87.0 Å². The number of aromatic nitrogens is 2. The fourth-order valence-electron chi connectivity index (χ4n) is 1.46.